The van der Waals surface area contributed by atoms with Gasteiger partial charge >= 0.3 is 0 Å². The van der Waals surface area contributed by atoms with Crippen LogP contribution in [0.25, 0.3) is 0 Å². The number of hydrogen-bond donors (Lipinski definition) is 2. The minimum atomic E-state index is -0.664. The minimum Gasteiger partial charge on any atom is -0.389 e. The predicted molar refractivity (Wildman–Crippen MR) is 92.7 cm³/mol. The molecule has 2 heterocycles. The topological polar surface area (TPSA) is 60.0 Å². The second-order valence-electron chi connectivity index (χ2n) is 6.52. The smallest absolute Gasteiger partial charge is 0.186 e. The average Bonchev–Trinajstić information content (AvgIpc) is 3.11. The van der Waals surface area contributed by atoms with Gasteiger partial charge in [-0.25, -0.2) is 0 Å². The van der Waals surface area contributed by atoms with Gasteiger partial charge in [-0.05, 0) is 11.1 Å². The quantitative estimate of drug-likeness (QED) is 0.840. The van der Waals surface area contributed by atoms with Crippen LogP contribution in [0, 0.1) is 0 Å². The third-order valence-corrected chi connectivity index (χ3v) is 4.77. The molecule has 2 aromatic rings. The van der Waals surface area contributed by atoms with Crippen LogP contribution in [0.4, 0.5) is 0 Å². The lowest BCUT2D eigenvalue weighted by molar-refractivity contribution is -0.215. The highest BCUT2D eigenvalue weighted by atomic mass is 16.7. The van der Waals surface area contributed by atoms with E-state index in [1.54, 1.807) is 0 Å². The van der Waals surface area contributed by atoms with Crippen molar-refractivity contribution in [1.29, 1.82) is 0 Å². The number of ether oxygens (including phenoxy) is 3. The zero-order valence-electron chi connectivity index (χ0n) is 14.0. The van der Waals surface area contributed by atoms with Crippen LogP contribution in [0.15, 0.2) is 60.7 Å². The van der Waals surface area contributed by atoms with Gasteiger partial charge in [-0.15, -0.1) is 0 Å². The van der Waals surface area contributed by atoms with Crippen molar-refractivity contribution in [3.05, 3.63) is 71.8 Å². The Bertz CT molecular complexity index is 622. The summed E-state index contributed by atoms with van der Waals surface area (Å²) in [6, 6.07) is 19.9. The standard InChI is InChI=1S/C20H23NO4/c22-18-16-13-24-20(25-16)19(23-12-15-9-5-2-6-10-15)17(18)21-11-14-7-3-1-4-8-14/h1-10,16-22H,11-13H2/t16-,17+,18-,19-,20-/m1/s1. The van der Waals surface area contributed by atoms with Crippen molar-refractivity contribution in [2.45, 2.75) is 43.8 Å². The molecule has 0 unspecified atom stereocenters. The first-order chi connectivity index (χ1) is 12.3. The van der Waals surface area contributed by atoms with Crippen LogP contribution in [0.5, 0.6) is 0 Å². The number of benzene rings is 2. The molecule has 5 nitrogen and oxygen atoms in total. The zero-order chi connectivity index (χ0) is 17.1. The molecule has 0 aliphatic carbocycles. The van der Waals surface area contributed by atoms with E-state index in [4.69, 9.17) is 14.2 Å². The van der Waals surface area contributed by atoms with E-state index >= 15 is 0 Å². The maximum atomic E-state index is 10.7. The number of hydrogen-bond acceptors (Lipinski definition) is 5. The number of aliphatic hydroxyl groups excluding tert-OH is 1. The third kappa shape index (κ3) is 3.76. The molecule has 2 saturated heterocycles. The van der Waals surface area contributed by atoms with Crippen molar-refractivity contribution in [3.63, 3.8) is 0 Å². The second-order valence-corrected chi connectivity index (χ2v) is 6.52. The molecule has 132 valence electrons. The van der Waals surface area contributed by atoms with Gasteiger partial charge in [-0.1, -0.05) is 60.7 Å². The highest BCUT2D eigenvalue weighted by Gasteiger charge is 2.50. The van der Waals surface area contributed by atoms with E-state index in [0.717, 1.165) is 11.1 Å². The molecule has 25 heavy (non-hydrogen) atoms. The van der Waals surface area contributed by atoms with Crippen LogP contribution in [0.1, 0.15) is 11.1 Å². The number of aliphatic hydroxyl groups is 1. The molecular weight excluding hydrogens is 318 g/mol. The fourth-order valence-electron chi connectivity index (χ4n) is 3.40. The van der Waals surface area contributed by atoms with Gasteiger partial charge in [0, 0.05) is 6.54 Å². The fraction of sp³-hybridized carbons (Fsp3) is 0.400. The summed E-state index contributed by atoms with van der Waals surface area (Å²) in [5, 5.41) is 14.1. The van der Waals surface area contributed by atoms with Gasteiger partial charge in [-0.3, -0.25) is 0 Å². The Hall–Kier alpha value is -1.76. The Kier molecular flexibility index (Phi) is 5.10. The van der Waals surface area contributed by atoms with Gasteiger partial charge in [-0.2, -0.15) is 0 Å². The first kappa shape index (κ1) is 16.7. The fourth-order valence-corrected chi connectivity index (χ4v) is 3.40. The maximum Gasteiger partial charge on any atom is 0.186 e. The van der Waals surface area contributed by atoms with Crippen molar-refractivity contribution in [2.75, 3.05) is 6.61 Å². The Labute approximate surface area is 147 Å². The molecule has 2 aliphatic rings. The second kappa shape index (κ2) is 7.64. The van der Waals surface area contributed by atoms with Crippen LogP contribution in [0.3, 0.4) is 0 Å². The Morgan fingerprint density at radius 1 is 1.00 bits per heavy atom. The highest BCUT2D eigenvalue weighted by molar-refractivity contribution is 5.15. The highest BCUT2D eigenvalue weighted by Crippen LogP contribution is 2.30. The number of rotatable bonds is 6. The van der Waals surface area contributed by atoms with Crippen molar-refractivity contribution in [2.24, 2.45) is 0 Å². The molecule has 0 aromatic heterocycles. The Balaban J connectivity index is 1.45. The van der Waals surface area contributed by atoms with Gasteiger partial charge in [0.1, 0.15) is 18.3 Å². The van der Waals surface area contributed by atoms with Crippen LogP contribution < -0.4 is 5.32 Å². The summed E-state index contributed by atoms with van der Waals surface area (Å²) in [7, 11) is 0. The van der Waals surface area contributed by atoms with Crippen molar-refractivity contribution in [1.82, 2.24) is 5.32 Å². The van der Waals surface area contributed by atoms with Crippen LogP contribution in [-0.2, 0) is 27.4 Å². The van der Waals surface area contributed by atoms with Crippen LogP contribution >= 0.6 is 0 Å². The summed E-state index contributed by atoms with van der Waals surface area (Å²) in [4.78, 5) is 0. The SMILES string of the molecule is O[C@H]1[C@H](NCc2ccccc2)[C@@H](OCc2ccccc2)[C@@H]2OC[C@H]1O2. The van der Waals surface area contributed by atoms with E-state index in [1.165, 1.54) is 0 Å². The Morgan fingerprint density at radius 2 is 1.68 bits per heavy atom. The largest absolute Gasteiger partial charge is 0.389 e. The summed E-state index contributed by atoms with van der Waals surface area (Å²) in [6.45, 7) is 1.52. The lowest BCUT2D eigenvalue weighted by Gasteiger charge is -2.39. The van der Waals surface area contributed by atoms with Crippen molar-refractivity contribution >= 4 is 0 Å². The van der Waals surface area contributed by atoms with Gasteiger partial charge in [0.15, 0.2) is 6.29 Å². The molecule has 0 saturated carbocycles. The molecule has 0 spiro atoms. The molecule has 4 rings (SSSR count). The summed E-state index contributed by atoms with van der Waals surface area (Å²) in [5.41, 5.74) is 2.25. The number of nitrogens with one attached hydrogen (secondary N) is 1. The van der Waals surface area contributed by atoms with Crippen molar-refractivity contribution < 1.29 is 19.3 Å². The molecule has 2 aliphatic heterocycles. The van der Waals surface area contributed by atoms with Gasteiger partial charge in [0.25, 0.3) is 0 Å². The molecule has 5 atom stereocenters. The third-order valence-electron chi connectivity index (χ3n) is 4.77. The molecule has 2 fully saturated rings. The van der Waals surface area contributed by atoms with E-state index in [1.807, 2.05) is 48.5 Å². The first-order valence-corrected chi connectivity index (χ1v) is 8.69. The van der Waals surface area contributed by atoms with E-state index in [-0.39, 0.29) is 18.2 Å². The van der Waals surface area contributed by atoms with Gasteiger partial charge in [0.05, 0.1) is 19.3 Å². The molecule has 0 radical (unpaired) electrons. The first-order valence-electron chi connectivity index (χ1n) is 8.69. The zero-order valence-corrected chi connectivity index (χ0v) is 14.0. The normalized spacial score (nSPS) is 31.2. The van der Waals surface area contributed by atoms with E-state index in [0.29, 0.717) is 19.8 Å². The number of fused-ring (bicyclic) bond motifs is 2. The van der Waals surface area contributed by atoms with E-state index in [9.17, 15) is 5.11 Å². The summed E-state index contributed by atoms with van der Waals surface area (Å²) in [6.07, 6.45) is -1.76. The average molecular weight is 341 g/mol. The molecule has 2 aromatic carbocycles. The van der Waals surface area contributed by atoms with Gasteiger partial charge in [0.2, 0.25) is 0 Å². The van der Waals surface area contributed by atoms with Crippen LogP contribution in [0.2, 0.25) is 0 Å². The summed E-state index contributed by atoms with van der Waals surface area (Å²) < 4.78 is 17.5. The lowest BCUT2D eigenvalue weighted by Crippen LogP contribution is -2.60. The van der Waals surface area contributed by atoms with Gasteiger partial charge < -0.3 is 24.6 Å². The van der Waals surface area contributed by atoms with E-state index < -0.39 is 12.4 Å². The molecule has 2 N–H and O–H groups in total. The monoisotopic (exact) mass is 341 g/mol. The predicted octanol–water partition coefficient (Wildman–Crippen LogP) is 1.85. The molecule has 5 heteroatoms. The molecule has 2 bridgehead atoms. The van der Waals surface area contributed by atoms with E-state index in [2.05, 4.69) is 17.4 Å². The van der Waals surface area contributed by atoms with Crippen molar-refractivity contribution in [3.8, 4) is 0 Å². The molecular formula is C20H23NO4. The van der Waals surface area contributed by atoms with Crippen LogP contribution in [-0.4, -0.2) is 42.4 Å². The summed E-state index contributed by atoms with van der Waals surface area (Å²) >= 11 is 0. The lowest BCUT2D eigenvalue weighted by atomic mass is 9.97. The minimum absolute atomic E-state index is 0.241. The molecule has 0 amide bonds. The Morgan fingerprint density at radius 3 is 2.40 bits per heavy atom. The summed E-state index contributed by atoms with van der Waals surface area (Å²) in [5.74, 6) is 0. The maximum absolute atomic E-state index is 10.7.